The maximum atomic E-state index is 9.02. The molecule has 0 radical (unpaired) electrons. The van der Waals surface area contributed by atoms with E-state index in [1.54, 1.807) is 0 Å². The van der Waals surface area contributed by atoms with Gasteiger partial charge in [-0.05, 0) is 38.9 Å². The third-order valence-corrected chi connectivity index (χ3v) is 3.84. The van der Waals surface area contributed by atoms with Crippen LogP contribution in [0.1, 0.15) is 39.0 Å². The number of hydrogen-bond acceptors (Lipinski definition) is 4. The summed E-state index contributed by atoms with van der Waals surface area (Å²) in [5, 5.41) is 12.2. The first-order valence-electron chi connectivity index (χ1n) is 7.57. The lowest BCUT2D eigenvalue weighted by atomic mass is 10.1. The molecular weight excluding hydrogens is 226 g/mol. The van der Waals surface area contributed by atoms with Crippen molar-refractivity contribution in [3.8, 4) is 0 Å². The molecule has 4 heteroatoms. The van der Waals surface area contributed by atoms with E-state index in [0.717, 1.165) is 19.6 Å². The average Bonchev–Trinajstić information content (AvgIpc) is 3.02. The van der Waals surface area contributed by atoms with Crippen molar-refractivity contribution >= 4 is 0 Å². The molecule has 0 aromatic rings. The summed E-state index contributed by atoms with van der Waals surface area (Å²) in [6.45, 7) is 8.06. The SMILES string of the molecule is C1CCNC1.CCCCCN1CC(N)C(CO)C1. The number of nitrogens with two attached hydrogens (primary N) is 1. The van der Waals surface area contributed by atoms with Crippen LogP contribution in [0.5, 0.6) is 0 Å². The Morgan fingerprint density at radius 3 is 2.39 bits per heavy atom. The molecule has 0 saturated carbocycles. The van der Waals surface area contributed by atoms with Gasteiger partial charge in [0, 0.05) is 31.7 Å². The number of nitrogens with one attached hydrogen (secondary N) is 1. The number of aliphatic hydroxyl groups excluding tert-OH is 1. The standard InChI is InChI=1S/C10H22N2O.C4H9N/c1-2-3-4-5-12-6-9(8-13)10(11)7-12;1-2-4-5-3-1/h9-10,13H,2-8,11H2,1H3;5H,1-4H2. The number of rotatable bonds is 5. The molecule has 2 aliphatic heterocycles. The molecule has 108 valence electrons. The van der Waals surface area contributed by atoms with Crippen molar-refractivity contribution in [2.75, 3.05) is 39.3 Å². The zero-order valence-corrected chi connectivity index (χ0v) is 11.9. The van der Waals surface area contributed by atoms with Gasteiger partial charge in [0.25, 0.3) is 0 Å². The Morgan fingerprint density at radius 1 is 1.22 bits per heavy atom. The first-order valence-corrected chi connectivity index (χ1v) is 7.57. The molecule has 4 N–H and O–H groups in total. The normalized spacial score (nSPS) is 28.2. The highest BCUT2D eigenvalue weighted by molar-refractivity contribution is 4.85. The lowest BCUT2D eigenvalue weighted by Crippen LogP contribution is -2.31. The van der Waals surface area contributed by atoms with E-state index in [2.05, 4.69) is 17.1 Å². The van der Waals surface area contributed by atoms with Crippen LogP contribution in [-0.2, 0) is 0 Å². The number of nitrogens with zero attached hydrogens (tertiary/aromatic N) is 1. The molecule has 2 heterocycles. The molecule has 0 aromatic heterocycles. The molecule has 2 rings (SSSR count). The molecule has 2 unspecified atom stereocenters. The average molecular weight is 257 g/mol. The van der Waals surface area contributed by atoms with Gasteiger partial charge in [0.05, 0.1) is 0 Å². The fraction of sp³-hybridized carbons (Fsp3) is 1.00. The zero-order valence-electron chi connectivity index (χ0n) is 11.9. The van der Waals surface area contributed by atoms with Crippen LogP contribution in [0, 0.1) is 5.92 Å². The summed E-state index contributed by atoms with van der Waals surface area (Å²) < 4.78 is 0. The molecule has 2 fully saturated rings. The van der Waals surface area contributed by atoms with Crippen LogP contribution >= 0.6 is 0 Å². The van der Waals surface area contributed by atoms with E-state index in [1.807, 2.05) is 0 Å². The first-order chi connectivity index (χ1) is 8.77. The topological polar surface area (TPSA) is 61.5 Å². The van der Waals surface area contributed by atoms with Crippen LogP contribution in [0.25, 0.3) is 0 Å². The lowest BCUT2D eigenvalue weighted by molar-refractivity contribution is 0.215. The predicted octanol–water partition coefficient (Wildman–Crippen LogP) is 0.798. The second-order valence-electron chi connectivity index (χ2n) is 5.53. The van der Waals surface area contributed by atoms with Gasteiger partial charge < -0.3 is 21.1 Å². The van der Waals surface area contributed by atoms with Crippen LogP contribution in [0.4, 0.5) is 0 Å². The highest BCUT2D eigenvalue weighted by Gasteiger charge is 2.28. The van der Waals surface area contributed by atoms with Gasteiger partial charge >= 0.3 is 0 Å². The van der Waals surface area contributed by atoms with Gasteiger partial charge in [-0.3, -0.25) is 0 Å². The predicted molar refractivity (Wildman–Crippen MR) is 76.6 cm³/mol. The highest BCUT2D eigenvalue weighted by atomic mass is 16.3. The molecule has 0 bridgehead atoms. The zero-order chi connectivity index (χ0) is 13.2. The van der Waals surface area contributed by atoms with Crippen molar-refractivity contribution in [3.05, 3.63) is 0 Å². The largest absolute Gasteiger partial charge is 0.396 e. The van der Waals surface area contributed by atoms with Crippen LogP contribution in [0.3, 0.4) is 0 Å². The summed E-state index contributed by atoms with van der Waals surface area (Å²) in [5.74, 6) is 0.307. The van der Waals surface area contributed by atoms with Crippen molar-refractivity contribution < 1.29 is 5.11 Å². The molecule has 0 aromatic carbocycles. The highest BCUT2D eigenvalue weighted by Crippen LogP contribution is 2.15. The Hall–Kier alpha value is -0.160. The molecule has 0 aliphatic carbocycles. The minimum atomic E-state index is 0.187. The van der Waals surface area contributed by atoms with Gasteiger partial charge in [-0.2, -0.15) is 0 Å². The van der Waals surface area contributed by atoms with E-state index in [9.17, 15) is 0 Å². The van der Waals surface area contributed by atoms with Crippen molar-refractivity contribution in [3.63, 3.8) is 0 Å². The second kappa shape index (κ2) is 9.73. The number of likely N-dealkylation sites (tertiary alicyclic amines) is 1. The third kappa shape index (κ3) is 6.14. The van der Waals surface area contributed by atoms with Gasteiger partial charge in [-0.15, -0.1) is 0 Å². The van der Waals surface area contributed by atoms with Crippen molar-refractivity contribution in [2.24, 2.45) is 11.7 Å². The summed E-state index contributed by atoms with van der Waals surface area (Å²) >= 11 is 0. The Balaban J connectivity index is 0.000000269. The van der Waals surface area contributed by atoms with Gasteiger partial charge in [-0.25, -0.2) is 0 Å². The van der Waals surface area contributed by atoms with E-state index in [0.29, 0.717) is 5.92 Å². The number of unbranched alkanes of at least 4 members (excludes halogenated alkanes) is 2. The van der Waals surface area contributed by atoms with Crippen LogP contribution in [-0.4, -0.2) is 55.4 Å². The Kier molecular flexibility index (Phi) is 8.59. The van der Waals surface area contributed by atoms with Gasteiger partial charge in [0.15, 0.2) is 0 Å². The van der Waals surface area contributed by atoms with E-state index >= 15 is 0 Å². The molecule has 18 heavy (non-hydrogen) atoms. The van der Waals surface area contributed by atoms with Crippen LogP contribution in [0.15, 0.2) is 0 Å². The second-order valence-corrected chi connectivity index (χ2v) is 5.53. The maximum Gasteiger partial charge on any atom is 0.0486 e. The maximum absolute atomic E-state index is 9.02. The molecule has 2 aliphatic rings. The summed E-state index contributed by atoms with van der Waals surface area (Å²) in [6.07, 6.45) is 6.61. The summed E-state index contributed by atoms with van der Waals surface area (Å²) in [6, 6.07) is 0.187. The van der Waals surface area contributed by atoms with Gasteiger partial charge in [-0.1, -0.05) is 19.8 Å². The fourth-order valence-corrected chi connectivity index (χ4v) is 2.57. The molecule has 2 atom stereocenters. The number of hydrogen-bond donors (Lipinski definition) is 3. The minimum Gasteiger partial charge on any atom is -0.396 e. The third-order valence-electron chi connectivity index (χ3n) is 3.84. The summed E-state index contributed by atoms with van der Waals surface area (Å²) in [7, 11) is 0. The molecule has 0 amide bonds. The van der Waals surface area contributed by atoms with Gasteiger partial charge in [0.2, 0.25) is 0 Å². The quantitative estimate of drug-likeness (QED) is 0.638. The van der Waals surface area contributed by atoms with Crippen molar-refractivity contribution in [2.45, 2.75) is 45.1 Å². The summed E-state index contributed by atoms with van der Waals surface area (Å²) in [4.78, 5) is 2.38. The molecular formula is C14H31N3O. The fourth-order valence-electron chi connectivity index (χ4n) is 2.57. The monoisotopic (exact) mass is 257 g/mol. The van der Waals surface area contributed by atoms with Crippen molar-refractivity contribution in [1.82, 2.24) is 10.2 Å². The van der Waals surface area contributed by atoms with Crippen LogP contribution < -0.4 is 11.1 Å². The summed E-state index contributed by atoms with van der Waals surface area (Å²) in [5.41, 5.74) is 5.88. The Labute approximate surface area is 112 Å². The van der Waals surface area contributed by atoms with Crippen LogP contribution in [0.2, 0.25) is 0 Å². The smallest absolute Gasteiger partial charge is 0.0486 e. The van der Waals surface area contributed by atoms with Gasteiger partial charge in [0.1, 0.15) is 0 Å². The van der Waals surface area contributed by atoms with E-state index in [4.69, 9.17) is 10.8 Å². The van der Waals surface area contributed by atoms with E-state index in [1.165, 1.54) is 45.2 Å². The molecule has 4 nitrogen and oxygen atoms in total. The van der Waals surface area contributed by atoms with E-state index in [-0.39, 0.29) is 12.6 Å². The first kappa shape index (κ1) is 15.9. The van der Waals surface area contributed by atoms with Crippen molar-refractivity contribution in [1.29, 1.82) is 0 Å². The number of aliphatic hydroxyl groups is 1. The van der Waals surface area contributed by atoms with E-state index < -0.39 is 0 Å². The molecule has 0 spiro atoms. The lowest BCUT2D eigenvalue weighted by Gasteiger charge is -2.14. The Morgan fingerprint density at radius 2 is 1.94 bits per heavy atom. The minimum absolute atomic E-state index is 0.187. The Bertz CT molecular complexity index is 190. The molecule has 2 saturated heterocycles.